The van der Waals surface area contributed by atoms with E-state index in [-0.39, 0.29) is 11.1 Å². The molecular formula is C28H20ClNO5. The Morgan fingerprint density at radius 3 is 2.06 bits per heavy atom. The lowest BCUT2D eigenvalue weighted by Crippen LogP contribution is -2.51. The van der Waals surface area contributed by atoms with E-state index in [1.807, 2.05) is 26.0 Å². The molecule has 1 spiro atoms. The monoisotopic (exact) mass is 485 g/mol. The van der Waals surface area contributed by atoms with Crippen LogP contribution in [0.3, 0.4) is 0 Å². The first-order chi connectivity index (χ1) is 16.8. The van der Waals surface area contributed by atoms with Gasteiger partial charge < -0.3 is 4.74 Å². The molecular weight excluding hydrogens is 466 g/mol. The zero-order valence-electron chi connectivity index (χ0n) is 18.9. The molecule has 3 aromatic rings. The molecule has 2 heterocycles. The minimum atomic E-state index is -2.08. The number of amides is 2. The van der Waals surface area contributed by atoms with Gasteiger partial charge >= 0.3 is 0 Å². The standard InChI is InChI=1S/C28H20ClNO5/c1-14-7-10-16(11-8-14)23-21-22(27(34)30(26(21)33)17-12-9-15(2)20(29)13-17)28(35-23)24(31)18-5-3-4-6-19(18)25(28)32/h3-13,21-23H,1-2H3/t21-,22+,23-/m1/s1. The van der Waals surface area contributed by atoms with Crippen LogP contribution in [0.4, 0.5) is 5.69 Å². The Kier molecular flexibility index (Phi) is 4.66. The summed E-state index contributed by atoms with van der Waals surface area (Å²) in [5.41, 5.74) is 1.06. The molecule has 2 saturated heterocycles. The fraction of sp³-hybridized carbons (Fsp3) is 0.214. The maximum Gasteiger partial charge on any atom is 0.241 e. The van der Waals surface area contributed by atoms with Crippen LogP contribution >= 0.6 is 11.6 Å². The van der Waals surface area contributed by atoms with Gasteiger partial charge in [-0.3, -0.25) is 19.2 Å². The van der Waals surface area contributed by atoms with Gasteiger partial charge in [0, 0.05) is 16.1 Å². The number of rotatable bonds is 2. The second-order valence-corrected chi connectivity index (χ2v) is 9.74. The average Bonchev–Trinajstić information content (AvgIpc) is 3.41. The first kappa shape index (κ1) is 21.9. The maximum atomic E-state index is 13.9. The summed E-state index contributed by atoms with van der Waals surface area (Å²) in [6, 6.07) is 18.7. The Balaban J connectivity index is 1.54. The Hall–Kier alpha value is -3.61. The number of aryl methyl sites for hydroxylation is 2. The highest BCUT2D eigenvalue weighted by Crippen LogP contribution is 2.57. The van der Waals surface area contributed by atoms with Crippen molar-refractivity contribution in [2.75, 3.05) is 4.90 Å². The second kappa shape index (κ2) is 7.44. The van der Waals surface area contributed by atoms with Crippen molar-refractivity contribution in [1.82, 2.24) is 0 Å². The van der Waals surface area contributed by atoms with Crippen LogP contribution in [0.5, 0.6) is 0 Å². The summed E-state index contributed by atoms with van der Waals surface area (Å²) in [6.07, 6.45) is -0.940. The summed E-state index contributed by atoms with van der Waals surface area (Å²) in [6.45, 7) is 3.75. The number of Topliss-reactive ketones (excluding diaryl/α,β-unsaturated/α-hetero) is 2. The van der Waals surface area contributed by atoms with Crippen molar-refractivity contribution in [2.24, 2.45) is 11.8 Å². The minimum Gasteiger partial charge on any atom is -0.349 e. The van der Waals surface area contributed by atoms with Crippen LogP contribution in [-0.2, 0) is 14.3 Å². The van der Waals surface area contributed by atoms with E-state index in [4.69, 9.17) is 16.3 Å². The van der Waals surface area contributed by atoms with Crippen LogP contribution in [0.1, 0.15) is 43.5 Å². The van der Waals surface area contributed by atoms with Gasteiger partial charge in [0.15, 0.2) is 0 Å². The van der Waals surface area contributed by atoms with Gasteiger partial charge in [0.1, 0.15) is 0 Å². The van der Waals surface area contributed by atoms with Crippen LogP contribution in [0, 0.1) is 25.7 Å². The lowest BCUT2D eigenvalue weighted by atomic mass is 9.77. The third-order valence-corrected chi connectivity index (χ3v) is 7.75. The number of halogens is 1. The highest BCUT2D eigenvalue weighted by atomic mass is 35.5. The molecule has 7 heteroatoms. The molecule has 3 aromatic carbocycles. The number of carbonyl (C=O) groups excluding carboxylic acids is 4. The average molecular weight is 486 g/mol. The van der Waals surface area contributed by atoms with Crippen LogP contribution in [0.15, 0.2) is 66.7 Å². The Morgan fingerprint density at radius 1 is 0.829 bits per heavy atom. The number of fused-ring (bicyclic) bond motifs is 3. The SMILES string of the molecule is Cc1ccc([C@H]2OC3(C(=O)c4ccccc4C3=O)[C@@H]3C(=O)N(c4ccc(C)c(Cl)c4)C(=O)[C@@H]23)cc1. The van der Waals surface area contributed by atoms with E-state index in [2.05, 4.69) is 0 Å². The van der Waals surface area contributed by atoms with Gasteiger partial charge in [-0.25, -0.2) is 4.90 Å². The van der Waals surface area contributed by atoms with Crippen molar-refractivity contribution in [2.45, 2.75) is 25.6 Å². The highest BCUT2D eigenvalue weighted by Gasteiger charge is 2.74. The number of hydrogen-bond donors (Lipinski definition) is 0. The Bertz CT molecular complexity index is 1430. The van der Waals surface area contributed by atoms with Crippen LogP contribution < -0.4 is 4.90 Å². The van der Waals surface area contributed by atoms with Crippen LogP contribution in [0.2, 0.25) is 5.02 Å². The van der Waals surface area contributed by atoms with Gasteiger partial charge in [0.25, 0.3) is 0 Å². The third-order valence-electron chi connectivity index (χ3n) is 7.34. The van der Waals surface area contributed by atoms with E-state index in [0.29, 0.717) is 16.3 Å². The minimum absolute atomic E-state index is 0.206. The van der Waals surface area contributed by atoms with Gasteiger partial charge in [0.2, 0.25) is 29.0 Å². The molecule has 0 bridgehead atoms. The number of imide groups is 1. The smallest absolute Gasteiger partial charge is 0.241 e. The molecule has 3 atom stereocenters. The lowest BCUT2D eigenvalue weighted by Gasteiger charge is -2.27. The zero-order chi connectivity index (χ0) is 24.6. The predicted octanol–water partition coefficient (Wildman–Crippen LogP) is 4.65. The van der Waals surface area contributed by atoms with E-state index in [1.54, 1.807) is 54.6 Å². The number of benzene rings is 3. The van der Waals surface area contributed by atoms with E-state index in [9.17, 15) is 19.2 Å². The summed E-state index contributed by atoms with van der Waals surface area (Å²) in [5, 5.41) is 0.404. The van der Waals surface area contributed by atoms with E-state index in [0.717, 1.165) is 16.0 Å². The van der Waals surface area contributed by atoms with E-state index in [1.165, 1.54) is 0 Å². The predicted molar refractivity (Wildman–Crippen MR) is 129 cm³/mol. The first-order valence-corrected chi connectivity index (χ1v) is 11.7. The number of ether oxygens (including phenoxy) is 1. The van der Waals surface area contributed by atoms with Gasteiger partial charge in [0.05, 0.1) is 23.6 Å². The summed E-state index contributed by atoms with van der Waals surface area (Å²) in [7, 11) is 0. The van der Waals surface area contributed by atoms with Crippen LogP contribution in [-0.4, -0.2) is 29.0 Å². The maximum absolute atomic E-state index is 13.9. The number of hydrogen-bond acceptors (Lipinski definition) is 5. The fourth-order valence-corrected chi connectivity index (χ4v) is 5.72. The number of ketones is 2. The molecule has 174 valence electrons. The third kappa shape index (κ3) is 2.81. The number of carbonyl (C=O) groups is 4. The van der Waals surface area contributed by atoms with Gasteiger partial charge in [-0.15, -0.1) is 0 Å². The van der Waals surface area contributed by atoms with Crippen molar-refractivity contribution < 1.29 is 23.9 Å². The number of anilines is 1. The Labute approximate surface area is 206 Å². The molecule has 3 aliphatic rings. The lowest BCUT2D eigenvalue weighted by molar-refractivity contribution is -0.127. The molecule has 2 amide bonds. The van der Waals surface area contributed by atoms with Gasteiger partial charge in [-0.05, 0) is 37.1 Å². The quantitative estimate of drug-likeness (QED) is 0.390. The van der Waals surface area contributed by atoms with Crippen molar-refractivity contribution in [1.29, 1.82) is 0 Å². The van der Waals surface area contributed by atoms with Gasteiger partial charge in [-0.1, -0.05) is 71.8 Å². The normalized spacial score (nSPS) is 24.4. The molecule has 2 aliphatic heterocycles. The molecule has 0 aromatic heterocycles. The summed E-state index contributed by atoms with van der Waals surface area (Å²) in [5.74, 6) is -4.62. The first-order valence-electron chi connectivity index (χ1n) is 11.3. The van der Waals surface area contributed by atoms with Gasteiger partial charge in [-0.2, -0.15) is 0 Å². The second-order valence-electron chi connectivity index (χ2n) is 9.34. The molecule has 2 fully saturated rings. The molecule has 6 nitrogen and oxygen atoms in total. The summed E-state index contributed by atoms with van der Waals surface area (Å²) >= 11 is 6.29. The number of nitrogens with zero attached hydrogens (tertiary/aromatic N) is 1. The largest absolute Gasteiger partial charge is 0.349 e. The fourth-order valence-electron chi connectivity index (χ4n) is 5.55. The van der Waals surface area contributed by atoms with E-state index < -0.39 is 46.9 Å². The molecule has 0 N–H and O–H groups in total. The molecule has 0 unspecified atom stereocenters. The molecule has 35 heavy (non-hydrogen) atoms. The topological polar surface area (TPSA) is 80.8 Å². The zero-order valence-corrected chi connectivity index (χ0v) is 19.7. The van der Waals surface area contributed by atoms with Crippen molar-refractivity contribution >= 4 is 40.7 Å². The van der Waals surface area contributed by atoms with Crippen molar-refractivity contribution in [3.8, 4) is 0 Å². The molecule has 1 aliphatic carbocycles. The molecule has 0 saturated carbocycles. The summed E-state index contributed by atoms with van der Waals surface area (Å²) < 4.78 is 6.28. The Morgan fingerprint density at radius 2 is 1.46 bits per heavy atom. The van der Waals surface area contributed by atoms with Crippen molar-refractivity contribution in [3.05, 3.63) is 99.6 Å². The summed E-state index contributed by atoms with van der Waals surface area (Å²) in [4.78, 5) is 56.3. The highest BCUT2D eigenvalue weighted by molar-refractivity contribution is 6.37. The van der Waals surface area contributed by atoms with E-state index >= 15 is 0 Å². The van der Waals surface area contributed by atoms with Crippen molar-refractivity contribution in [3.63, 3.8) is 0 Å². The molecule has 0 radical (unpaired) electrons. The molecule has 6 rings (SSSR count). The van der Waals surface area contributed by atoms with Crippen LogP contribution in [0.25, 0.3) is 0 Å².